The van der Waals surface area contributed by atoms with Gasteiger partial charge in [0.2, 0.25) is 0 Å². The number of hydrogen-bond acceptors (Lipinski definition) is 1. The molecule has 0 bridgehead atoms. The van der Waals surface area contributed by atoms with Crippen molar-refractivity contribution in [3.05, 3.63) is 23.0 Å². The van der Waals surface area contributed by atoms with E-state index in [4.69, 9.17) is 5.11 Å². The summed E-state index contributed by atoms with van der Waals surface area (Å²) in [5.41, 5.74) is -1.42. The van der Waals surface area contributed by atoms with Crippen LogP contribution in [0.4, 0.5) is 13.2 Å². The summed E-state index contributed by atoms with van der Waals surface area (Å²) in [6, 6.07) is 1.30. The second kappa shape index (κ2) is 3.27. The molecular formula is C11H12F3NO2. The third kappa shape index (κ3) is 1.54. The number of halogens is 3. The van der Waals surface area contributed by atoms with Crippen LogP contribution in [-0.4, -0.2) is 21.8 Å². The first-order valence-electron chi connectivity index (χ1n) is 5.20. The topological polar surface area (TPSA) is 42.2 Å². The van der Waals surface area contributed by atoms with Crippen LogP contribution < -0.4 is 0 Å². The van der Waals surface area contributed by atoms with Gasteiger partial charge in [0.25, 0.3) is 0 Å². The zero-order valence-electron chi connectivity index (χ0n) is 9.43. The third-order valence-electron chi connectivity index (χ3n) is 3.34. The maximum atomic E-state index is 13.0. The van der Waals surface area contributed by atoms with Crippen molar-refractivity contribution < 1.29 is 23.1 Å². The summed E-state index contributed by atoms with van der Waals surface area (Å²) in [7, 11) is 0. The smallest absolute Gasteiger partial charge is 0.411 e. The Morgan fingerprint density at radius 2 is 1.94 bits per heavy atom. The van der Waals surface area contributed by atoms with Crippen LogP contribution in [-0.2, 0) is 5.54 Å². The maximum Gasteiger partial charge on any atom is 0.411 e. The molecule has 1 fully saturated rings. The molecule has 1 aromatic heterocycles. The number of aromatic nitrogens is 1. The first kappa shape index (κ1) is 12.0. The fourth-order valence-electron chi connectivity index (χ4n) is 2.39. The Hall–Kier alpha value is -1.46. The lowest BCUT2D eigenvalue weighted by Gasteiger charge is -2.24. The fraction of sp³-hybridized carbons (Fsp3) is 0.545. The van der Waals surface area contributed by atoms with E-state index in [1.807, 2.05) is 0 Å². The van der Waals surface area contributed by atoms with E-state index in [1.165, 1.54) is 19.9 Å². The van der Waals surface area contributed by atoms with E-state index < -0.39 is 17.7 Å². The highest BCUT2D eigenvalue weighted by molar-refractivity contribution is 5.89. The van der Waals surface area contributed by atoms with Crippen LogP contribution in [0.15, 0.2) is 6.07 Å². The van der Waals surface area contributed by atoms with Gasteiger partial charge in [0.05, 0.1) is 5.56 Å². The first-order chi connectivity index (χ1) is 7.71. The van der Waals surface area contributed by atoms with Crippen LogP contribution in [0.3, 0.4) is 0 Å². The van der Waals surface area contributed by atoms with Gasteiger partial charge in [-0.1, -0.05) is 0 Å². The highest BCUT2D eigenvalue weighted by atomic mass is 19.4. The average molecular weight is 247 g/mol. The van der Waals surface area contributed by atoms with E-state index in [0.717, 1.165) is 4.57 Å². The summed E-state index contributed by atoms with van der Waals surface area (Å²) in [6.45, 7) is 2.92. The molecule has 1 heterocycles. The van der Waals surface area contributed by atoms with Gasteiger partial charge in [-0.25, -0.2) is 4.79 Å². The minimum Gasteiger partial charge on any atom is -0.478 e. The minimum absolute atomic E-state index is 0.0198. The fourth-order valence-corrected chi connectivity index (χ4v) is 2.39. The quantitative estimate of drug-likeness (QED) is 0.873. The van der Waals surface area contributed by atoms with Gasteiger partial charge in [0.1, 0.15) is 5.54 Å². The van der Waals surface area contributed by atoms with Gasteiger partial charge in [-0.15, -0.1) is 0 Å². The molecule has 1 saturated carbocycles. The van der Waals surface area contributed by atoms with Crippen LogP contribution in [0.2, 0.25) is 0 Å². The van der Waals surface area contributed by atoms with E-state index in [2.05, 4.69) is 0 Å². The van der Waals surface area contributed by atoms with Gasteiger partial charge in [-0.2, -0.15) is 13.2 Å². The molecule has 2 rings (SSSR count). The van der Waals surface area contributed by atoms with E-state index in [-0.39, 0.29) is 24.1 Å². The number of alkyl halides is 3. The minimum atomic E-state index is -4.34. The summed E-state index contributed by atoms with van der Waals surface area (Å²) in [4.78, 5) is 10.9. The van der Waals surface area contributed by atoms with Crippen LogP contribution in [0, 0.1) is 13.8 Å². The van der Waals surface area contributed by atoms with Crippen molar-refractivity contribution in [2.45, 2.75) is 38.4 Å². The summed E-state index contributed by atoms with van der Waals surface area (Å²) in [5, 5.41) is 8.90. The molecule has 3 nitrogen and oxygen atoms in total. The van der Waals surface area contributed by atoms with Crippen molar-refractivity contribution in [3.63, 3.8) is 0 Å². The number of carbonyl (C=O) groups is 1. The molecule has 1 N–H and O–H groups in total. The lowest BCUT2D eigenvalue weighted by atomic mass is 10.2. The molecule has 1 aliphatic carbocycles. The number of carboxylic acids is 1. The molecule has 94 valence electrons. The summed E-state index contributed by atoms with van der Waals surface area (Å²) in [6.07, 6.45) is -4.30. The van der Waals surface area contributed by atoms with Gasteiger partial charge in [0.15, 0.2) is 0 Å². The Balaban J connectivity index is 2.58. The highest BCUT2D eigenvalue weighted by Crippen LogP contribution is 2.56. The van der Waals surface area contributed by atoms with Crippen molar-refractivity contribution in [3.8, 4) is 0 Å². The standard InChI is InChI=1S/C11H12F3NO2/c1-6-5-8(9(16)17)7(2)15(6)10(3-4-10)11(12,13)14/h5H,3-4H2,1-2H3,(H,16,17). The molecule has 0 aliphatic heterocycles. The van der Waals surface area contributed by atoms with Crippen molar-refractivity contribution >= 4 is 5.97 Å². The zero-order valence-corrected chi connectivity index (χ0v) is 9.43. The number of aromatic carboxylic acids is 1. The average Bonchev–Trinajstić information content (AvgIpc) is 2.89. The van der Waals surface area contributed by atoms with Crippen molar-refractivity contribution in [1.29, 1.82) is 0 Å². The number of carboxylic acid groups (broad SMARTS) is 1. The Morgan fingerprint density at radius 3 is 2.24 bits per heavy atom. The molecule has 1 aromatic rings. The SMILES string of the molecule is Cc1cc(C(=O)O)c(C)n1C1(C(F)(F)F)CC1. The highest BCUT2D eigenvalue weighted by Gasteiger charge is 2.65. The van der Waals surface area contributed by atoms with Crippen LogP contribution >= 0.6 is 0 Å². The molecule has 6 heteroatoms. The summed E-state index contributed by atoms with van der Waals surface area (Å²) >= 11 is 0. The summed E-state index contributed by atoms with van der Waals surface area (Å²) < 4.78 is 40.1. The largest absolute Gasteiger partial charge is 0.478 e. The number of hydrogen-bond donors (Lipinski definition) is 1. The second-order valence-electron chi connectivity index (χ2n) is 4.45. The molecule has 0 radical (unpaired) electrons. The second-order valence-corrected chi connectivity index (χ2v) is 4.45. The predicted octanol–water partition coefficient (Wildman–Crippen LogP) is 2.85. The van der Waals surface area contributed by atoms with Gasteiger partial charge in [0, 0.05) is 11.4 Å². The predicted molar refractivity (Wildman–Crippen MR) is 54.1 cm³/mol. The molecule has 0 spiro atoms. The normalized spacial score (nSPS) is 18.2. The van der Waals surface area contributed by atoms with E-state index >= 15 is 0 Å². The third-order valence-corrected chi connectivity index (χ3v) is 3.34. The Labute approximate surface area is 95.9 Å². The van der Waals surface area contributed by atoms with Gasteiger partial charge in [-0.05, 0) is 32.8 Å². The Bertz CT molecular complexity index is 484. The van der Waals surface area contributed by atoms with E-state index in [0.29, 0.717) is 5.69 Å². The number of nitrogens with zero attached hydrogens (tertiary/aromatic N) is 1. The Morgan fingerprint density at radius 1 is 1.41 bits per heavy atom. The number of aryl methyl sites for hydroxylation is 1. The van der Waals surface area contributed by atoms with Crippen molar-refractivity contribution in [2.24, 2.45) is 0 Å². The van der Waals surface area contributed by atoms with Crippen molar-refractivity contribution in [1.82, 2.24) is 4.57 Å². The molecule has 17 heavy (non-hydrogen) atoms. The Kier molecular flexibility index (Phi) is 2.31. The van der Waals surface area contributed by atoms with E-state index in [9.17, 15) is 18.0 Å². The monoisotopic (exact) mass is 247 g/mol. The lowest BCUT2D eigenvalue weighted by Crippen LogP contribution is -2.36. The molecular weight excluding hydrogens is 235 g/mol. The lowest BCUT2D eigenvalue weighted by molar-refractivity contribution is -0.180. The molecule has 0 saturated heterocycles. The van der Waals surface area contributed by atoms with E-state index in [1.54, 1.807) is 0 Å². The zero-order chi connectivity index (χ0) is 13.0. The summed E-state index contributed by atoms with van der Waals surface area (Å²) in [5.74, 6) is -1.19. The van der Waals surface area contributed by atoms with Crippen molar-refractivity contribution in [2.75, 3.05) is 0 Å². The molecule has 0 unspecified atom stereocenters. The van der Waals surface area contributed by atoms with Gasteiger partial charge < -0.3 is 9.67 Å². The molecule has 1 aliphatic rings. The molecule has 0 atom stereocenters. The van der Waals surface area contributed by atoms with Crippen LogP contribution in [0.5, 0.6) is 0 Å². The first-order valence-corrected chi connectivity index (χ1v) is 5.20. The van der Waals surface area contributed by atoms with Crippen LogP contribution in [0.25, 0.3) is 0 Å². The molecule has 0 aromatic carbocycles. The van der Waals surface area contributed by atoms with Gasteiger partial charge >= 0.3 is 12.1 Å². The molecule has 0 amide bonds. The number of rotatable bonds is 2. The maximum absolute atomic E-state index is 13.0. The van der Waals surface area contributed by atoms with Crippen LogP contribution in [0.1, 0.15) is 34.6 Å². The van der Waals surface area contributed by atoms with Gasteiger partial charge in [-0.3, -0.25) is 0 Å².